The first-order chi connectivity index (χ1) is 9.08. The van der Waals surface area contributed by atoms with Crippen molar-refractivity contribution in [3.8, 4) is 0 Å². The number of carbonyl (C=O) groups is 1. The van der Waals surface area contributed by atoms with Crippen LogP contribution in [0.4, 0.5) is 0 Å². The summed E-state index contributed by atoms with van der Waals surface area (Å²) in [5.41, 5.74) is 1.34. The number of rotatable bonds is 3. The maximum Gasteiger partial charge on any atom is 0.253 e. The van der Waals surface area contributed by atoms with Crippen molar-refractivity contribution in [2.45, 2.75) is 13.0 Å². The summed E-state index contributed by atoms with van der Waals surface area (Å²) in [5, 5.41) is 3.70. The van der Waals surface area contributed by atoms with E-state index in [0.29, 0.717) is 15.6 Å². The van der Waals surface area contributed by atoms with Gasteiger partial charge in [-0.3, -0.25) is 9.78 Å². The van der Waals surface area contributed by atoms with Crippen molar-refractivity contribution in [1.29, 1.82) is 0 Å². The van der Waals surface area contributed by atoms with Crippen LogP contribution in [0.15, 0.2) is 42.7 Å². The molecule has 0 aliphatic carbocycles. The molecule has 0 aliphatic heterocycles. The molecule has 1 N–H and O–H groups in total. The number of nitrogens with one attached hydrogen (secondary N) is 1. The highest BCUT2D eigenvalue weighted by molar-refractivity contribution is 6.36. The molecule has 0 radical (unpaired) electrons. The molecule has 0 spiro atoms. The summed E-state index contributed by atoms with van der Waals surface area (Å²) in [7, 11) is 0. The van der Waals surface area contributed by atoms with Crippen molar-refractivity contribution in [2.75, 3.05) is 0 Å². The standard InChI is InChI=1S/C14H12Cl2N2O/c1-9(10-3-2-6-17-8-10)18-14(19)12-5-4-11(15)7-13(12)16/h2-9H,1H3,(H,18,19). The molecule has 3 nitrogen and oxygen atoms in total. The van der Waals surface area contributed by atoms with Crippen LogP contribution in [0.2, 0.25) is 10.0 Å². The fraction of sp³-hybridized carbons (Fsp3) is 0.143. The van der Waals surface area contributed by atoms with Gasteiger partial charge in [-0.2, -0.15) is 0 Å². The Labute approximate surface area is 121 Å². The van der Waals surface area contributed by atoms with E-state index in [9.17, 15) is 4.79 Å². The molecule has 0 bridgehead atoms. The highest BCUT2D eigenvalue weighted by atomic mass is 35.5. The van der Waals surface area contributed by atoms with E-state index >= 15 is 0 Å². The molecule has 0 saturated carbocycles. The SMILES string of the molecule is CC(NC(=O)c1ccc(Cl)cc1Cl)c1cccnc1. The topological polar surface area (TPSA) is 42.0 Å². The van der Waals surface area contributed by atoms with Gasteiger partial charge in [0.15, 0.2) is 0 Å². The maximum absolute atomic E-state index is 12.1. The Morgan fingerprint density at radius 1 is 1.32 bits per heavy atom. The van der Waals surface area contributed by atoms with Crippen LogP contribution in [0.5, 0.6) is 0 Å². The van der Waals surface area contributed by atoms with Gasteiger partial charge >= 0.3 is 0 Å². The number of hydrogen-bond acceptors (Lipinski definition) is 2. The normalized spacial score (nSPS) is 11.9. The van der Waals surface area contributed by atoms with Crippen molar-refractivity contribution >= 4 is 29.1 Å². The summed E-state index contributed by atoms with van der Waals surface area (Å²) < 4.78 is 0. The number of aromatic nitrogens is 1. The van der Waals surface area contributed by atoms with Crippen molar-refractivity contribution in [2.24, 2.45) is 0 Å². The number of carbonyl (C=O) groups excluding carboxylic acids is 1. The van der Waals surface area contributed by atoms with Crippen molar-refractivity contribution in [3.05, 3.63) is 63.9 Å². The zero-order valence-electron chi connectivity index (χ0n) is 10.2. The molecule has 1 heterocycles. The average Bonchev–Trinajstić information content (AvgIpc) is 2.39. The Morgan fingerprint density at radius 2 is 2.11 bits per heavy atom. The van der Waals surface area contributed by atoms with Gasteiger partial charge in [0.25, 0.3) is 5.91 Å². The first kappa shape index (κ1) is 13.8. The Morgan fingerprint density at radius 3 is 2.74 bits per heavy atom. The van der Waals surface area contributed by atoms with E-state index in [2.05, 4.69) is 10.3 Å². The van der Waals surface area contributed by atoms with Gasteiger partial charge in [0.05, 0.1) is 16.6 Å². The fourth-order valence-corrected chi connectivity index (χ4v) is 2.16. The molecule has 19 heavy (non-hydrogen) atoms. The molecule has 98 valence electrons. The Balaban J connectivity index is 2.13. The highest BCUT2D eigenvalue weighted by Gasteiger charge is 2.14. The lowest BCUT2D eigenvalue weighted by Crippen LogP contribution is -2.26. The lowest BCUT2D eigenvalue weighted by Gasteiger charge is -2.14. The zero-order chi connectivity index (χ0) is 13.8. The molecular weight excluding hydrogens is 283 g/mol. The monoisotopic (exact) mass is 294 g/mol. The van der Waals surface area contributed by atoms with Gasteiger partial charge in [-0.15, -0.1) is 0 Å². The van der Waals surface area contributed by atoms with Gasteiger partial charge in [-0.05, 0) is 36.8 Å². The van der Waals surface area contributed by atoms with Crippen molar-refractivity contribution in [1.82, 2.24) is 10.3 Å². The van der Waals surface area contributed by atoms with Crippen LogP contribution >= 0.6 is 23.2 Å². The minimum Gasteiger partial charge on any atom is -0.345 e. The summed E-state index contributed by atoms with van der Waals surface area (Å²) in [6.45, 7) is 1.89. The molecular formula is C14H12Cl2N2O. The summed E-state index contributed by atoms with van der Waals surface area (Å²) in [6, 6.07) is 8.38. The molecule has 2 aromatic rings. The van der Waals surface area contributed by atoms with Crippen LogP contribution in [0.3, 0.4) is 0 Å². The molecule has 0 aliphatic rings. The summed E-state index contributed by atoms with van der Waals surface area (Å²) in [4.78, 5) is 16.1. The Hall–Kier alpha value is -1.58. The van der Waals surface area contributed by atoms with Crippen LogP contribution in [0.25, 0.3) is 0 Å². The largest absolute Gasteiger partial charge is 0.345 e. The number of benzene rings is 1. The molecule has 5 heteroatoms. The van der Waals surface area contributed by atoms with Crippen LogP contribution in [0, 0.1) is 0 Å². The quantitative estimate of drug-likeness (QED) is 0.933. The molecule has 2 rings (SSSR count). The minimum absolute atomic E-state index is 0.145. The van der Waals surface area contributed by atoms with E-state index in [1.165, 1.54) is 0 Å². The maximum atomic E-state index is 12.1. The van der Waals surface area contributed by atoms with Gasteiger partial charge in [-0.1, -0.05) is 29.3 Å². The van der Waals surface area contributed by atoms with Crippen LogP contribution in [-0.2, 0) is 0 Å². The molecule has 1 aromatic carbocycles. The zero-order valence-corrected chi connectivity index (χ0v) is 11.7. The van der Waals surface area contributed by atoms with E-state index in [1.807, 2.05) is 19.1 Å². The Kier molecular flexibility index (Phi) is 4.40. The average molecular weight is 295 g/mol. The lowest BCUT2D eigenvalue weighted by molar-refractivity contribution is 0.0940. The lowest BCUT2D eigenvalue weighted by atomic mass is 10.1. The second-order valence-corrected chi connectivity index (χ2v) is 4.95. The third-order valence-corrected chi connectivity index (χ3v) is 3.26. The number of hydrogen-bond donors (Lipinski definition) is 1. The van der Waals surface area contributed by atoms with E-state index in [4.69, 9.17) is 23.2 Å². The van der Waals surface area contributed by atoms with Crippen molar-refractivity contribution < 1.29 is 4.79 Å². The second kappa shape index (κ2) is 6.04. The van der Waals surface area contributed by atoms with Gasteiger partial charge in [0.2, 0.25) is 0 Å². The first-order valence-corrected chi connectivity index (χ1v) is 6.49. The Bertz CT molecular complexity index is 587. The molecule has 0 saturated heterocycles. The van der Waals surface area contributed by atoms with Gasteiger partial charge in [0.1, 0.15) is 0 Å². The summed E-state index contributed by atoms with van der Waals surface area (Å²) >= 11 is 11.8. The third-order valence-electron chi connectivity index (χ3n) is 2.71. The first-order valence-electron chi connectivity index (χ1n) is 5.74. The van der Waals surface area contributed by atoms with Crippen LogP contribution in [0.1, 0.15) is 28.9 Å². The minimum atomic E-state index is -0.238. The van der Waals surface area contributed by atoms with E-state index in [1.54, 1.807) is 30.6 Å². The third kappa shape index (κ3) is 3.46. The summed E-state index contributed by atoms with van der Waals surface area (Å²) in [6.07, 6.45) is 3.41. The molecule has 1 aromatic heterocycles. The second-order valence-electron chi connectivity index (χ2n) is 4.11. The van der Waals surface area contributed by atoms with E-state index in [0.717, 1.165) is 5.56 Å². The molecule has 0 fully saturated rings. The van der Waals surface area contributed by atoms with E-state index < -0.39 is 0 Å². The predicted molar refractivity (Wildman–Crippen MR) is 76.6 cm³/mol. The van der Waals surface area contributed by atoms with E-state index in [-0.39, 0.29) is 11.9 Å². The summed E-state index contributed by atoms with van der Waals surface area (Å²) in [5.74, 6) is -0.238. The number of halogens is 2. The van der Waals surface area contributed by atoms with Gasteiger partial charge in [-0.25, -0.2) is 0 Å². The number of amides is 1. The fourth-order valence-electron chi connectivity index (χ4n) is 1.66. The van der Waals surface area contributed by atoms with Gasteiger partial charge < -0.3 is 5.32 Å². The molecule has 1 atom stereocenters. The number of nitrogens with zero attached hydrogens (tertiary/aromatic N) is 1. The van der Waals surface area contributed by atoms with Crippen LogP contribution < -0.4 is 5.32 Å². The predicted octanol–water partition coefficient (Wildman–Crippen LogP) is 3.88. The molecule has 1 unspecified atom stereocenters. The van der Waals surface area contributed by atoms with Crippen molar-refractivity contribution in [3.63, 3.8) is 0 Å². The smallest absolute Gasteiger partial charge is 0.253 e. The number of pyridine rings is 1. The highest BCUT2D eigenvalue weighted by Crippen LogP contribution is 2.21. The van der Waals surface area contributed by atoms with Crippen LogP contribution in [-0.4, -0.2) is 10.9 Å². The molecule has 1 amide bonds. The van der Waals surface area contributed by atoms with Gasteiger partial charge in [0, 0.05) is 17.4 Å².